The van der Waals surface area contributed by atoms with Gasteiger partial charge in [-0.15, -0.1) is 0 Å². The molecule has 72 valence electrons. The first-order valence-corrected chi connectivity index (χ1v) is 5.65. The van der Waals surface area contributed by atoms with E-state index in [0.717, 1.165) is 23.7 Å². The lowest BCUT2D eigenvalue weighted by Crippen LogP contribution is -2.12. The Kier molecular flexibility index (Phi) is 3.61. The van der Waals surface area contributed by atoms with Gasteiger partial charge in [-0.25, -0.2) is 0 Å². The summed E-state index contributed by atoms with van der Waals surface area (Å²) in [7, 11) is 0. The van der Waals surface area contributed by atoms with Crippen molar-refractivity contribution >= 4 is 0 Å². The van der Waals surface area contributed by atoms with Gasteiger partial charge >= 0.3 is 0 Å². The van der Waals surface area contributed by atoms with Gasteiger partial charge in [-0.2, -0.15) is 0 Å². The van der Waals surface area contributed by atoms with Crippen LogP contribution in [0.5, 0.6) is 0 Å². The lowest BCUT2D eigenvalue weighted by atomic mass is 9.84. The SMILES string of the molecule is CCC1CC(C)C(C)CCC1C. The van der Waals surface area contributed by atoms with E-state index in [9.17, 15) is 0 Å². The van der Waals surface area contributed by atoms with E-state index in [1.165, 1.54) is 25.7 Å². The monoisotopic (exact) mass is 168 g/mol. The van der Waals surface area contributed by atoms with Gasteiger partial charge < -0.3 is 0 Å². The third-order valence-electron chi connectivity index (χ3n) is 4.05. The van der Waals surface area contributed by atoms with E-state index < -0.39 is 0 Å². The first-order valence-electron chi connectivity index (χ1n) is 5.65. The average molecular weight is 168 g/mol. The molecular formula is C12H24. The van der Waals surface area contributed by atoms with Crippen LogP contribution in [0.3, 0.4) is 0 Å². The molecule has 1 aliphatic carbocycles. The van der Waals surface area contributed by atoms with Crippen molar-refractivity contribution in [3.8, 4) is 0 Å². The minimum absolute atomic E-state index is 0.958. The largest absolute Gasteiger partial charge is 0.0651 e. The molecule has 0 N–H and O–H groups in total. The maximum atomic E-state index is 2.44. The second-order valence-electron chi connectivity index (χ2n) is 4.91. The summed E-state index contributed by atoms with van der Waals surface area (Å²) in [5, 5.41) is 0. The fourth-order valence-corrected chi connectivity index (χ4v) is 2.56. The van der Waals surface area contributed by atoms with Crippen molar-refractivity contribution in [3.63, 3.8) is 0 Å². The molecule has 1 aliphatic rings. The Labute approximate surface area is 77.7 Å². The molecule has 0 bridgehead atoms. The molecule has 12 heavy (non-hydrogen) atoms. The molecule has 0 saturated heterocycles. The molecule has 1 saturated carbocycles. The molecule has 0 nitrogen and oxygen atoms in total. The second-order valence-corrected chi connectivity index (χ2v) is 4.91. The van der Waals surface area contributed by atoms with Gasteiger partial charge in [0.05, 0.1) is 0 Å². The Morgan fingerprint density at radius 2 is 1.50 bits per heavy atom. The molecular weight excluding hydrogens is 144 g/mol. The summed E-state index contributed by atoms with van der Waals surface area (Å²) < 4.78 is 0. The maximum absolute atomic E-state index is 2.44. The van der Waals surface area contributed by atoms with Gasteiger partial charge in [-0.05, 0) is 30.1 Å². The lowest BCUT2D eigenvalue weighted by molar-refractivity contribution is 0.290. The van der Waals surface area contributed by atoms with Crippen LogP contribution in [0, 0.1) is 23.7 Å². The van der Waals surface area contributed by atoms with Crippen LogP contribution in [0.25, 0.3) is 0 Å². The van der Waals surface area contributed by atoms with Crippen molar-refractivity contribution in [2.45, 2.75) is 53.4 Å². The minimum atomic E-state index is 0.958. The average Bonchev–Trinajstić information content (AvgIpc) is 2.18. The Morgan fingerprint density at radius 1 is 0.917 bits per heavy atom. The van der Waals surface area contributed by atoms with Gasteiger partial charge in [-0.3, -0.25) is 0 Å². The van der Waals surface area contributed by atoms with Crippen LogP contribution >= 0.6 is 0 Å². The zero-order chi connectivity index (χ0) is 9.14. The van der Waals surface area contributed by atoms with Gasteiger partial charge in [0.15, 0.2) is 0 Å². The third-order valence-corrected chi connectivity index (χ3v) is 4.05. The van der Waals surface area contributed by atoms with Crippen molar-refractivity contribution in [2.75, 3.05) is 0 Å². The molecule has 1 fully saturated rings. The quantitative estimate of drug-likeness (QED) is 0.517. The highest BCUT2D eigenvalue weighted by Gasteiger charge is 2.25. The molecule has 0 aromatic rings. The highest BCUT2D eigenvalue weighted by atomic mass is 14.3. The number of hydrogen-bond acceptors (Lipinski definition) is 0. The Morgan fingerprint density at radius 3 is 2.08 bits per heavy atom. The summed E-state index contributed by atoms with van der Waals surface area (Å²) in [6.45, 7) is 9.66. The zero-order valence-corrected chi connectivity index (χ0v) is 9.14. The molecule has 0 heterocycles. The highest BCUT2D eigenvalue weighted by Crippen LogP contribution is 2.36. The smallest absolute Gasteiger partial charge is 0.0388 e. The van der Waals surface area contributed by atoms with E-state index in [1.54, 1.807) is 0 Å². The van der Waals surface area contributed by atoms with Crippen LogP contribution in [-0.4, -0.2) is 0 Å². The predicted octanol–water partition coefficient (Wildman–Crippen LogP) is 4.10. The summed E-state index contributed by atoms with van der Waals surface area (Å²) in [4.78, 5) is 0. The van der Waals surface area contributed by atoms with Gasteiger partial charge in [0, 0.05) is 0 Å². The zero-order valence-electron chi connectivity index (χ0n) is 9.14. The molecule has 0 aromatic carbocycles. The fourth-order valence-electron chi connectivity index (χ4n) is 2.56. The predicted molar refractivity (Wildman–Crippen MR) is 55.1 cm³/mol. The van der Waals surface area contributed by atoms with Crippen molar-refractivity contribution < 1.29 is 0 Å². The Balaban J connectivity index is 2.54. The van der Waals surface area contributed by atoms with E-state index in [2.05, 4.69) is 27.7 Å². The molecule has 1 rings (SSSR count). The first-order chi connectivity index (χ1) is 5.65. The van der Waals surface area contributed by atoms with Crippen LogP contribution in [0.2, 0.25) is 0 Å². The van der Waals surface area contributed by atoms with E-state index in [4.69, 9.17) is 0 Å². The van der Waals surface area contributed by atoms with Crippen molar-refractivity contribution in [1.29, 1.82) is 0 Å². The molecule has 0 amide bonds. The maximum Gasteiger partial charge on any atom is -0.0388 e. The van der Waals surface area contributed by atoms with Crippen molar-refractivity contribution in [3.05, 3.63) is 0 Å². The van der Waals surface area contributed by atoms with Crippen LogP contribution in [-0.2, 0) is 0 Å². The van der Waals surface area contributed by atoms with Gasteiger partial charge in [0.1, 0.15) is 0 Å². The fraction of sp³-hybridized carbons (Fsp3) is 1.00. The van der Waals surface area contributed by atoms with E-state index in [0.29, 0.717) is 0 Å². The third kappa shape index (κ3) is 2.24. The first kappa shape index (κ1) is 10.1. The molecule has 4 atom stereocenters. The number of hydrogen-bond donors (Lipinski definition) is 0. The van der Waals surface area contributed by atoms with Crippen molar-refractivity contribution in [1.82, 2.24) is 0 Å². The molecule has 0 radical (unpaired) electrons. The Bertz CT molecular complexity index is 128. The standard InChI is InChI=1S/C12H24/c1-5-12-8-11(4)9(2)6-7-10(12)3/h9-12H,5-8H2,1-4H3. The summed E-state index contributed by atoms with van der Waals surface area (Å²) in [6.07, 6.45) is 5.78. The van der Waals surface area contributed by atoms with Gasteiger partial charge in [0.2, 0.25) is 0 Å². The van der Waals surface area contributed by atoms with Crippen LogP contribution < -0.4 is 0 Å². The highest BCUT2D eigenvalue weighted by molar-refractivity contribution is 4.76. The van der Waals surface area contributed by atoms with E-state index in [-0.39, 0.29) is 0 Å². The topological polar surface area (TPSA) is 0 Å². The van der Waals surface area contributed by atoms with E-state index >= 15 is 0 Å². The summed E-state index contributed by atoms with van der Waals surface area (Å²) >= 11 is 0. The molecule has 4 unspecified atom stereocenters. The normalized spacial score (nSPS) is 44.0. The Hall–Kier alpha value is 0. The van der Waals surface area contributed by atoms with Gasteiger partial charge in [0.25, 0.3) is 0 Å². The number of rotatable bonds is 1. The lowest BCUT2D eigenvalue weighted by Gasteiger charge is -2.21. The van der Waals surface area contributed by atoms with E-state index in [1.807, 2.05) is 0 Å². The van der Waals surface area contributed by atoms with Crippen LogP contribution in [0.1, 0.15) is 53.4 Å². The van der Waals surface area contributed by atoms with Crippen LogP contribution in [0.15, 0.2) is 0 Å². The summed E-state index contributed by atoms with van der Waals surface area (Å²) in [5.74, 6) is 3.90. The molecule has 0 aliphatic heterocycles. The van der Waals surface area contributed by atoms with Crippen molar-refractivity contribution in [2.24, 2.45) is 23.7 Å². The van der Waals surface area contributed by atoms with Gasteiger partial charge in [-0.1, -0.05) is 47.0 Å². The molecule has 0 spiro atoms. The summed E-state index contributed by atoms with van der Waals surface area (Å²) in [6, 6.07) is 0. The summed E-state index contributed by atoms with van der Waals surface area (Å²) in [5.41, 5.74) is 0. The second kappa shape index (κ2) is 4.30. The van der Waals surface area contributed by atoms with Crippen LogP contribution in [0.4, 0.5) is 0 Å². The minimum Gasteiger partial charge on any atom is -0.0651 e. The molecule has 0 heteroatoms. The molecule has 0 aromatic heterocycles.